The van der Waals surface area contributed by atoms with E-state index in [1.54, 1.807) is 23.1 Å². The summed E-state index contributed by atoms with van der Waals surface area (Å²) in [5.74, 6) is -0.945. The number of aryl methyl sites for hydroxylation is 2. The van der Waals surface area contributed by atoms with Gasteiger partial charge in [0.2, 0.25) is 5.91 Å². The summed E-state index contributed by atoms with van der Waals surface area (Å²) in [5.41, 5.74) is 6.95. The summed E-state index contributed by atoms with van der Waals surface area (Å²) in [4.78, 5) is 26.4. The van der Waals surface area contributed by atoms with Crippen molar-refractivity contribution in [2.24, 2.45) is 5.73 Å². The number of carbonyl (C=O) groups excluding carboxylic acids is 1. The van der Waals surface area contributed by atoms with Crippen LogP contribution in [0.3, 0.4) is 0 Å². The second kappa shape index (κ2) is 9.12. The van der Waals surface area contributed by atoms with Crippen LogP contribution in [0.4, 0.5) is 0 Å². The zero-order valence-corrected chi connectivity index (χ0v) is 15.5. The van der Waals surface area contributed by atoms with E-state index in [0.29, 0.717) is 6.54 Å². The number of hydrogen-bond acceptors (Lipinski definition) is 6. The topological polar surface area (TPSA) is 105 Å². The van der Waals surface area contributed by atoms with Crippen molar-refractivity contribution in [2.45, 2.75) is 52.0 Å². The van der Waals surface area contributed by atoms with Gasteiger partial charge in [-0.15, -0.1) is 11.3 Å². The number of carbonyl (C=O) groups is 2. The van der Waals surface area contributed by atoms with E-state index in [1.807, 2.05) is 34.0 Å². The Morgan fingerprint density at radius 2 is 1.95 bits per heavy atom. The van der Waals surface area contributed by atoms with Crippen LogP contribution >= 0.6 is 23.1 Å². The van der Waals surface area contributed by atoms with E-state index in [2.05, 4.69) is 10.3 Å². The van der Waals surface area contributed by atoms with Crippen molar-refractivity contribution >= 4 is 35.0 Å². The summed E-state index contributed by atoms with van der Waals surface area (Å²) in [6.07, 6.45) is 1.96. The zero-order valence-electron chi connectivity index (χ0n) is 13.9. The molecule has 4 N–H and O–H groups in total. The van der Waals surface area contributed by atoms with E-state index in [4.69, 9.17) is 15.6 Å². The molecule has 0 aliphatic rings. The fourth-order valence-corrected chi connectivity index (χ4v) is 2.70. The molecule has 1 aromatic heterocycles. The van der Waals surface area contributed by atoms with Crippen LogP contribution in [0.5, 0.6) is 0 Å². The molecular formula is C14H25N3O3S2. The van der Waals surface area contributed by atoms with Crippen LogP contribution in [0.2, 0.25) is 0 Å². The van der Waals surface area contributed by atoms with Gasteiger partial charge in [-0.05, 0) is 34.0 Å². The molecule has 1 aromatic rings. The smallest absolute Gasteiger partial charge is 0.300 e. The van der Waals surface area contributed by atoms with Gasteiger partial charge in [-0.25, -0.2) is 4.98 Å². The summed E-state index contributed by atoms with van der Waals surface area (Å²) >= 11 is 3.21. The Morgan fingerprint density at radius 1 is 1.45 bits per heavy atom. The molecule has 0 bridgehead atoms. The van der Waals surface area contributed by atoms with Crippen molar-refractivity contribution < 1.29 is 14.7 Å². The Morgan fingerprint density at radius 3 is 2.32 bits per heavy atom. The van der Waals surface area contributed by atoms with Gasteiger partial charge in [0.25, 0.3) is 5.97 Å². The lowest BCUT2D eigenvalue weighted by Gasteiger charge is -2.28. The molecular weight excluding hydrogens is 322 g/mol. The summed E-state index contributed by atoms with van der Waals surface area (Å²) in [7, 11) is 0. The Kier molecular flexibility index (Phi) is 8.65. The highest BCUT2D eigenvalue weighted by atomic mass is 32.2. The number of amides is 1. The molecule has 0 aromatic carbocycles. The van der Waals surface area contributed by atoms with E-state index < -0.39 is 12.0 Å². The lowest BCUT2D eigenvalue weighted by Crippen LogP contribution is -2.51. The largest absolute Gasteiger partial charge is 0.481 e. The molecule has 0 aliphatic heterocycles. The molecule has 126 valence electrons. The van der Waals surface area contributed by atoms with Gasteiger partial charge in [-0.3, -0.25) is 9.59 Å². The highest BCUT2D eigenvalue weighted by molar-refractivity contribution is 8.00. The summed E-state index contributed by atoms with van der Waals surface area (Å²) < 4.78 is -0.261. The Bertz CT molecular complexity index is 511. The minimum Gasteiger partial charge on any atom is -0.481 e. The molecule has 1 heterocycles. The Labute approximate surface area is 139 Å². The van der Waals surface area contributed by atoms with Gasteiger partial charge in [-0.1, -0.05) is 0 Å². The first-order valence-corrected chi connectivity index (χ1v) is 8.76. The Balaban J connectivity index is 0.000000980. The Hall–Kier alpha value is -1.12. The predicted octanol–water partition coefficient (Wildman–Crippen LogP) is 1.94. The molecule has 6 nitrogen and oxygen atoms in total. The standard InChI is InChI=1S/C12H21N3OS2.C2H4O2/c1-7-9(18-8(2)15-7)6-14-11(16)10(13)12(3,4)17-5;1-2(3)4/h10H,6,13H2,1-5H3,(H,14,16);1H3,(H,3,4)/t10-;/m1./s1. The van der Waals surface area contributed by atoms with E-state index in [-0.39, 0.29) is 10.7 Å². The third-order valence-electron chi connectivity index (χ3n) is 2.98. The van der Waals surface area contributed by atoms with Gasteiger partial charge in [-0.2, -0.15) is 11.8 Å². The number of rotatable bonds is 5. The highest BCUT2D eigenvalue weighted by Gasteiger charge is 2.31. The van der Waals surface area contributed by atoms with Crippen LogP contribution in [-0.4, -0.2) is 39.0 Å². The zero-order chi connectivity index (χ0) is 17.5. The highest BCUT2D eigenvalue weighted by Crippen LogP contribution is 2.24. The molecule has 22 heavy (non-hydrogen) atoms. The predicted molar refractivity (Wildman–Crippen MR) is 92.3 cm³/mol. The molecule has 0 saturated heterocycles. The average molecular weight is 348 g/mol. The van der Waals surface area contributed by atoms with Crippen LogP contribution in [0.25, 0.3) is 0 Å². The fraction of sp³-hybridized carbons (Fsp3) is 0.643. The SMILES string of the molecule is CC(=O)O.CSC(C)(C)[C@H](N)C(=O)NCc1sc(C)nc1C. The maximum Gasteiger partial charge on any atom is 0.300 e. The van der Waals surface area contributed by atoms with Crippen LogP contribution in [-0.2, 0) is 16.1 Å². The summed E-state index contributed by atoms with van der Waals surface area (Å²) in [6, 6.07) is -0.512. The molecule has 0 fully saturated rings. The lowest BCUT2D eigenvalue weighted by atomic mass is 10.0. The van der Waals surface area contributed by atoms with E-state index in [0.717, 1.165) is 22.5 Å². The molecule has 1 atom stereocenters. The molecule has 0 spiro atoms. The first-order chi connectivity index (χ1) is 10.0. The second-order valence-electron chi connectivity index (χ2n) is 5.26. The van der Waals surface area contributed by atoms with Crippen molar-refractivity contribution in [1.29, 1.82) is 0 Å². The van der Waals surface area contributed by atoms with Gasteiger partial charge in [0.1, 0.15) is 0 Å². The van der Waals surface area contributed by atoms with Crippen molar-refractivity contribution in [3.8, 4) is 0 Å². The molecule has 1 amide bonds. The van der Waals surface area contributed by atoms with Crippen molar-refractivity contribution in [3.05, 3.63) is 15.6 Å². The van der Waals surface area contributed by atoms with Gasteiger partial charge in [0, 0.05) is 16.5 Å². The second-order valence-corrected chi connectivity index (χ2v) is 8.01. The quantitative estimate of drug-likeness (QED) is 0.752. The van der Waals surface area contributed by atoms with Gasteiger partial charge in [0.15, 0.2) is 0 Å². The maximum atomic E-state index is 12.0. The first-order valence-electron chi connectivity index (χ1n) is 6.72. The number of hydrogen-bond donors (Lipinski definition) is 3. The van der Waals surface area contributed by atoms with E-state index >= 15 is 0 Å². The van der Waals surface area contributed by atoms with Crippen LogP contribution in [0.1, 0.15) is 36.3 Å². The molecule has 1 rings (SSSR count). The molecule has 0 saturated carbocycles. The molecule has 0 radical (unpaired) electrons. The van der Waals surface area contributed by atoms with E-state index in [1.165, 1.54) is 0 Å². The number of carboxylic acid groups (broad SMARTS) is 1. The number of thioether (sulfide) groups is 1. The number of nitrogens with one attached hydrogen (secondary N) is 1. The van der Waals surface area contributed by atoms with Crippen molar-refractivity contribution in [3.63, 3.8) is 0 Å². The number of aliphatic carboxylic acids is 1. The third kappa shape index (κ3) is 7.24. The molecule has 8 heteroatoms. The van der Waals surface area contributed by atoms with Gasteiger partial charge in [0.05, 0.1) is 23.3 Å². The van der Waals surface area contributed by atoms with Crippen LogP contribution < -0.4 is 11.1 Å². The van der Waals surface area contributed by atoms with Gasteiger partial charge < -0.3 is 16.2 Å². The number of thiazole rings is 1. The maximum absolute atomic E-state index is 12.0. The minimum atomic E-state index is -0.833. The van der Waals surface area contributed by atoms with Crippen LogP contribution in [0.15, 0.2) is 0 Å². The summed E-state index contributed by atoms with van der Waals surface area (Å²) in [6.45, 7) is 9.46. The van der Waals surface area contributed by atoms with Crippen LogP contribution in [0, 0.1) is 13.8 Å². The van der Waals surface area contributed by atoms with Crippen molar-refractivity contribution in [1.82, 2.24) is 10.3 Å². The first kappa shape index (κ1) is 20.9. The van der Waals surface area contributed by atoms with Gasteiger partial charge >= 0.3 is 0 Å². The monoisotopic (exact) mass is 347 g/mol. The average Bonchev–Trinajstić information content (AvgIpc) is 2.72. The number of nitrogens with two attached hydrogens (primary N) is 1. The molecule has 0 aliphatic carbocycles. The number of carboxylic acids is 1. The normalized spacial score (nSPS) is 12.1. The minimum absolute atomic E-state index is 0.111. The fourth-order valence-electron chi connectivity index (χ4n) is 1.46. The number of aromatic nitrogens is 1. The third-order valence-corrected chi connectivity index (χ3v) is 5.36. The molecule has 0 unspecified atom stereocenters. The van der Waals surface area contributed by atoms with Crippen molar-refractivity contribution in [2.75, 3.05) is 6.26 Å². The van der Waals surface area contributed by atoms with E-state index in [9.17, 15) is 4.79 Å². The summed E-state index contributed by atoms with van der Waals surface area (Å²) in [5, 5.41) is 11.3. The lowest BCUT2D eigenvalue weighted by molar-refractivity contribution is -0.134. The number of nitrogens with zero attached hydrogens (tertiary/aromatic N) is 1.